The minimum absolute atomic E-state index is 0.0181. The number of carbonyl (C=O) groups excluding carboxylic acids is 1. The van der Waals surface area contributed by atoms with E-state index in [-0.39, 0.29) is 18.2 Å². The first-order valence-corrected chi connectivity index (χ1v) is 10.0. The van der Waals surface area contributed by atoms with E-state index in [2.05, 4.69) is 20.2 Å². The van der Waals surface area contributed by atoms with Gasteiger partial charge in [0.15, 0.2) is 0 Å². The largest absolute Gasteiger partial charge is 0.393 e. The first-order chi connectivity index (χ1) is 13.1. The molecule has 2 aliphatic rings. The van der Waals surface area contributed by atoms with Crippen LogP contribution in [0.3, 0.4) is 0 Å². The minimum Gasteiger partial charge on any atom is -0.393 e. The molecule has 2 amide bonds. The van der Waals surface area contributed by atoms with Gasteiger partial charge >= 0.3 is 6.03 Å². The molecule has 3 N–H and O–H groups in total. The zero-order valence-electron chi connectivity index (χ0n) is 15.9. The Morgan fingerprint density at radius 3 is 2.59 bits per heavy atom. The van der Waals surface area contributed by atoms with Crippen molar-refractivity contribution >= 4 is 17.1 Å². The molecule has 0 saturated carbocycles. The van der Waals surface area contributed by atoms with E-state index in [1.54, 1.807) is 0 Å². The second-order valence-corrected chi connectivity index (χ2v) is 7.80. The summed E-state index contributed by atoms with van der Waals surface area (Å²) in [4.78, 5) is 24.9. The summed E-state index contributed by atoms with van der Waals surface area (Å²) < 4.78 is 0. The van der Waals surface area contributed by atoms with Gasteiger partial charge in [0.05, 0.1) is 23.2 Å². The van der Waals surface area contributed by atoms with Gasteiger partial charge in [-0.1, -0.05) is 12.1 Å². The highest BCUT2D eigenvalue weighted by Gasteiger charge is 2.29. The highest BCUT2D eigenvalue weighted by Crippen LogP contribution is 2.22. The number of imidazole rings is 1. The second kappa shape index (κ2) is 7.86. The van der Waals surface area contributed by atoms with Crippen LogP contribution in [0, 0.1) is 0 Å². The van der Waals surface area contributed by atoms with Crippen molar-refractivity contribution < 1.29 is 9.90 Å². The molecular weight excluding hydrogens is 342 g/mol. The van der Waals surface area contributed by atoms with E-state index in [4.69, 9.17) is 0 Å². The molecule has 3 heterocycles. The van der Waals surface area contributed by atoms with Gasteiger partial charge in [0.25, 0.3) is 0 Å². The number of hydrogen-bond acceptors (Lipinski definition) is 4. The number of para-hydroxylation sites is 2. The standard InChI is InChI=1S/C20H29N5O2/c1-14(19-22-17-4-2-3-5-18(17)23-19)21-20(27)25-10-6-15(7-11-25)24-12-8-16(26)9-13-24/h2-5,14-16,26H,6-13H2,1H3,(H,21,27)(H,22,23)/t14-/m0/s1. The molecule has 2 saturated heterocycles. The van der Waals surface area contributed by atoms with E-state index in [1.165, 1.54) is 0 Å². The lowest BCUT2D eigenvalue weighted by Gasteiger charge is -2.41. The van der Waals surface area contributed by atoms with Crippen LogP contribution in [-0.2, 0) is 0 Å². The third-order valence-corrected chi connectivity index (χ3v) is 5.92. The summed E-state index contributed by atoms with van der Waals surface area (Å²) in [6.07, 6.45) is 3.61. The van der Waals surface area contributed by atoms with Crippen LogP contribution in [0.1, 0.15) is 44.5 Å². The number of aromatic amines is 1. The molecule has 0 radical (unpaired) electrons. The van der Waals surface area contributed by atoms with E-state index in [0.29, 0.717) is 6.04 Å². The number of piperidine rings is 2. The molecule has 0 aliphatic carbocycles. The molecule has 1 atom stereocenters. The molecule has 1 aromatic carbocycles. The van der Waals surface area contributed by atoms with Crippen LogP contribution < -0.4 is 5.32 Å². The molecule has 146 valence electrons. The van der Waals surface area contributed by atoms with Crippen molar-refractivity contribution in [1.29, 1.82) is 0 Å². The molecular formula is C20H29N5O2. The summed E-state index contributed by atoms with van der Waals surface area (Å²) in [6, 6.07) is 8.25. The number of carbonyl (C=O) groups is 1. The van der Waals surface area contributed by atoms with Gasteiger partial charge < -0.3 is 25.2 Å². The minimum atomic E-state index is -0.161. The quantitative estimate of drug-likeness (QED) is 0.773. The van der Waals surface area contributed by atoms with Gasteiger partial charge in [-0.2, -0.15) is 0 Å². The maximum atomic E-state index is 12.6. The number of nitrogens with zero attached hydrogens (tertiary/aromatic N) is 3. The number of hydrogen-bond donors (Lipinski definition) is 3. The number of benzene rings is 1. The van der Waals surface area contributed by atoms with Gasteiger partial charge in [0, 0.05) is 32.2 Å². The summed E-state index contributed by atoms with van der Waals surface area (Å²) in [7, 11) is 0. The number of aliphatic hydroxyl groups is 1. The van der Waals surface area contributed by atoms with Gasteiger partial charge in [0.1, 0.15) is 5.82 Å². The Bertz CT molecular complexity index is 743. The summed E-state index contributed by atoms with van der Waals surface area (Å²) >= 11 is 0. The molecule has 2 aromatic rings. The van der Waals surface area contributed by atoms with E-state index >= 15 is 0 Å². The van der Waals surface area contributed by atoms with Crippen LogP contribution in [-0.4, -0.2) is 69.2 Å². The van der Waals surface area contributed by atoms with Crippen LogP contribution in [0.2, 0.25) is 0 Å². The summed E-state index contributed by atoms with van der Waals surface area (Å²) in [5, 5.41) is 12.7. The smallest absolute Gasteiger partial charge is 0.317 e. The van der Waals surface area contributed by atoms with Crippen LogP contribution >= 0.6 is 0 Å². The van der Waals surface area contributed by atoms with Crippen molar-refractivity contribution in [2.24, 2.45) is 0 Å². The molecule has 2 aliphatic heterocycles. The first kappa shape index (κ1) is 18.3. The monoisotopic (exact) mass is 371 g/mol. The molecule has 7 heteroatoms. The second-order valence-electron chi connectivity index (χ2n) is 7.80. The van der Waals surface area contributed by atoms with Gasteiger partial charge in [-0.3, -0.25) is 0 Å². The summed E-state index contributed by atoms with van der Waals surface area (Å²) in [6.45, 7) is 5.47. The summed E-state index contributed by atoms with van der Waals surface area (Å²) in [5.74, 6) is 0.784. The zero-order valence-corrected chi connectivity index (χ0v) is 15.9. The number of rotatable bonds is 3. The predicted molar refractivity (Wildman–Crippen MR) is 104 cm³/mol. The maximum Gasteiger partial charge on any atom is 0.317 e. The van der Waals surface area contributed by atoms with Crippen molar-refractivity contribution in [1.82, 2.24) is 25.1 Å². The molecule has 7 nitrogen and oxygen atoms in total. The third kappa shape index (κ3) is 4.09. The van der Waals surface area contributed by atoms with Gasteiger partial charge in [0.2, 0.25) is 0 Å². The van der Waals surface area contributed by atoms with Crippen molar-refractivity contribution in [2.75, 3.05) is 26.2 Å². The molecule has 27 heavy (non-hydrogen) atoms. The number of amides is 2. The molecule has 0 bridgehead atoms. The number of likely N-dealkylation sites (tertiary alicyclic amines) is 2. The highest BCUT2D eigenvalue weighted by molar-refractivity contribution is 5.76. The molecule has 2 fully saturated rings. The van der Waals surface area contributed by atoms with E-state index in [9.17, 15) is 9.90 Å². The number of urea groups is 1. The average molecular weight is 371 g/mol. The lowest BCUT2D eigenvalue weighted by molar-refractivity contribution is 0.0428. The fourth-order valence-corrected chi connectivity index (χ4v) is 4.21. The lowest BCUT2D eigenvalue weighted by Crippen LogP contribution is -2.51. The van der Waals surface area contributed by atoms with Crippen LogP contribution in [0.15, 0.2) is 24.3 Å². The predicted octanol–water partition coefficient (Wildman–Crippen LogP) is 2.25. The fourth-order valence-electron chi connectivity index (χ4n) is 4.21. The van der Waals surface area contributed by atoms with Gasteiger partial charge in [-0.05, 0) is 44.7 Å². The maximum absolute atomic E-state index is 12.6. The Morgan fingerprint density at radius 2 is 1.89 bits per heavy atom. The normalized spacial score (nSPS) is 21.5. The van der Waals surface area contributed by atoms with Crippen molar-refractivity contribution in [3.05, 3.63) is 30.1 Å². The molecule has 0 unspecified atom stereocenters. The van der Waals surface area contributed by atoms with Crippen LogP contribution in [0.5, 0.6) is 0 Å². The Hall–Kier alpha value is -2.12. The van der Waals surface area contributed by atoms with Gasteiger partial charge in [-0.15, -0.1) is 0 Å². The highest BCUT2D eigenvalue weighted by atomic mass is 16.3. The number of nitrogens with one attached hydrogen (secondary N) is 2. The van der Waals surface area contributed by atoms with Crippen LogP contribution in [0.25, 0.3) is 11.0 Å². The Morgan fingerprint density at radius 1 is 1.19 bits per heavy atom. The number of H-pyrrole nitrogens is 1. The van der Waals surface area contributed by atoms with E-state index in [1.807, 2.05) is 36.1 Å². The Kier molecular flexibility index (Phi) is 5.31. The number of aliphatic hydroxyl groups excluding tert-OH is 1. The molecule has 0 spiro atoms. The SMILES string of the molecule is C[C@H](NC(=O)N1CCC(N2CCC(O)CC2)CC1)c1nc2ccccc2[nH]1. The van der Waals surface area contributed by atoms with Crippen molar-refractivity contribution in [3.63, 3.8) is 0 Å². The number of fused-ring (bicyclic) bond motifs is 1. The topological polar surface area (TPSA) is 84.5 Å². The van der Waals surface area contributed by atoms with Gasteiger partial charge in [-0.25, -0.2) is 9.78 Å². The average Bonchev–Trinajstić information content (AvgIpc) is 3.13. The summed E-state index contributed by atoms with van der Waals surface area (Å²) in [5.41, 5.74) is 1.90. The van der Waals surface area contributed by atoms with Crippen LogP contribution in [0.4, 0.5) is 4.79 Å². The number of aromatic nitrogens is 2. The first-order valence-electron chi connectivity index (χ1n) is 10.0. The lowest BCUT2D eigenvalue weighted by atomic mass is 9.99. The van der Waals surface area contributed by atoms with Crippen molar-refractivity contribution in [2.45, 2.75) is 50.8 Å². The Labute approximate surface area is 159 Å². The third-order valence-electron chi connectivity index (χ3n) is 5.92. The zero-order chi connectivity index (χ0) is 18.8. The molecule has 4 rings (SSSR count). The molecule has 1 aromatic heterocycles. The van der Waals surface area contributed by atoms with E-state index in [0.717, 1.165) is 68.7 Å². The van der Waals surface area contributed by atoms with E-state index < -0.39 is 0 Å². The van der Waals surface area contributed by atoms with Crippen molar-refractivity contribution in [3.8, 4) is 0 Å². The Balaban J connectivity index is 1.29. The fraction of sp³-hybridized carbons (Fsp3) is 0.600.